The topological polar surface area (TPSA) is 38.5 Å². The SMILES string of the molecule is COc1cc(F)c(N(C)C(C)(C)CN)cc1F. The standard InChI is InChI=1S/C12H18F2N2O/c1-12(2,7-15)16(3)10-5-9(14)11(17-4)6-8(10)13/h5-6H,7,15H2,1-4H3. The largest absolute Gasteiger partial charge is 0.494 e. The molecule has 1 rings (SSSR count). The van der Waals surface area contributed by atoms with Gasteiger partial charge in [-0.05, 0) is 13.8 Å². The highest BCUT2D eigenvalue weighted by molar-refractivity contribution is 5.52. The molecule has 17 heavy (non-hydrogen) atoms. The molecule has 1 aromatic carbocycles. The first-order valence-corrected chi connectivity index (χ1v) is 5.30. The van der Waals surface area contributed by atoms with Crippen molar-refractivity contribution in [2.45, 2.75) is 19.4 Å². The molecule has 0 saturated carbocycles. The van der Waals surface area contributed by atoms with E-state index in [2.05, 4.69) is 0 Å². The van der Waals surface area contributed by atoms with Crippen LogP contribution in [-0.2, 0) is 0 Å². The maximum absolute atomic E-state index is 13.8. The van der Waals surface area contributed by atoms with E-state index >= 15 is 0 Å². The van der Waals surface area contributed by atoms with Crippen LogP contribution in [0, 0.1) is 11.6 Å². The van der Waals surface area contributed by atoms with E-state index in [1.807, 2.05) is 13.8 Å². The number of nitrogens with two attached hydrogens (primary N) is 1. The molecule has 0 heterocycles. The molecule has 0 unspecified atom stereocenters. The summed E-state index contributed by atoms with van der Waals surface area (Å²) in [5.74, 6) is -1.24. The van der Waals surface area contributed by atoms with E-state index in [9.17, 15) is 8.78 Å². The molecule has 0 fully saturated rings. The van der Waals surface area contributed by atoms with Gasteiger partial charge < -0.3 is 15.4 Å². The van der Waals surface area contributed by atoms with Crippen LogP contribution in [0.4, 0.5) is 14.5 Å². The predicted octanol–water partition coefficient (Wildman–Crippen LogP) is 2.15. The molecule has 0 spiro atoms. The van der Waals surface area contributed by atoms with Crippen molar-refractivity contribution < 1.29 is 13.5 Å². The molecule has 2 N–H and O–H groups in total. The Labute approximate surface area is 100 Å². The zero-order chi connectivity index (χ0) is 13.2. The Morgan fingerprint density at radius 1 is 1.29 bits per heavy atom. The summed E-state index contributed by atoms with van der Waals surface area (Å²) in [6.45, 7) is 4.04. The van der Waals surface area contributed by atoms with Crippen LogP contribution < -0.4 is 15.4 Å². The van der Waals surface area contributed by atoms with Crippen molar-refractivity contribution in [1.82, 2.24) is 0 Å². The van der Waals surface area contributed by atoms with Gasteiger partial charge >= 0.3 is 0 Å². The Kier molecular flexibility index (Phi) is 3.93. The van der Waals surface area contributed by atoms with Gasteiger partial charge in [0.25, 0.3) is 0 Å². The van der Waals surface area contributed by atoms with Crippen molar-refractivity contribution in [3.8, 4) is 5.75 Å². The lowest BCUT2D eigenvalue weighted by Gasteiger charge is -2.36. The van der Waals surface area contributed by atoms with Crippen molar-refractivity contribution in [3.05, 3.63) is 23.8 Å². The zero-order valence-electron chi connectivity index (χ0n) is 10.6. The van der Waals surface area contributed by atoms with Crippen LogP contribution in [-0.4, -0.2) is 26.2 Å². The van der Waals surface area contributed by atoms with Gasteiger partial charge in [-0.1, -0.05) is 0 Å². The van der Waals surface area contributed by atoms with Gasteiger partial charge in [0.1, 0.15) is 5.82 Å². The fourth-order valence-electron chi connectivity index (χ4n) is 1.39. The third kappa shape index (κ3) is 2.66. The van der Waals surface area contributed by atoms with Crippen LogP contribution in [0.3, 0.4) is 0 Å². The molecule has 96 valence electrons. The summed E-state index contributed by atoms with van der Waals surface area (Å²) in [4.78, 5) is 1.62. The molecule has 0 atom stereocenters. The molecule has 0 bridgehead atoms. The number of likely N-dealkylation sites (N-methyl/N-ethyl adjacent to an activating group) is 1. The van der Waals surface area contributed by atoms with E-state index in [-0.39, 0.29) is 11.4 Å². The smallest absolute Gasteiger partial charge is 0.167 e. The number of ether oxygens (including phenoxy) is 1. The van der Waals surface area contributed by atoms with E-state index in [0.717, 1.165) is 12.1 Å². The lowest BCUT2D eigenvalue weighted by atomic mass is 10.0. The summed E-state index contributed by atoms with van der Waals surface area (Å²) in [5.41, 5.74) is 5.32. The molecule has 0 aliphatic carbocycles. The Hall–Kier alpha value is -1.36. The first kappa shape index (κ1) is 13.7. The van der Waals surface area contributed by atoms with Gasteiger partial charge in [-0.2, -0.15) is 0 Å². The first-order chi connectivity index (χ1) is 7.83. The van der Waals surface area contributed by atoms with Gasteiger partial charge in [0, 0.05) is 31.3 Å². The number of anilines is 1. The zero-order valence-corrected chi connectivity index (χ0v) is 10.6. The molecule has 0 aliphatic heterocycles. The van der Waals surface area contributed by atoms with E-state index in [1.165, 1.54) is 7.11 Å². The summed E-state index contributed by atoms with van der Waals surface area (Å²) in [6, 6.07) is 2.15. The average molecular weight is 244 g/mol. The number of benzene rings is 1. The number of methoxy groups -OCH3 is 1. The number of nitrogens with zero attached hydrogens (tertiary/aromatic N) is 1. The third-order valence-electron chi connectivity index (χ3n) is 2.99. The van der Waals surface area contributed by atoms with Crippen molar-refractivity contribution in [2.75, 3.05) is 25.6 Å². The van der Waals surface area contributed by atoms with Crippen LogP contribution >= 0.6 is 0 Å². The van der Waals surface area contributed by atoms with Gasteiger partial charge in [0.15, 0.2) is 11.6 Å². The van der Waals surface area contributed by atoms with Crippen molar-refractivity contribution in [3.63, 3.8) is 0 Å². The van der Waals surface area contributed by atoms with Crippen LogP contribution in [0.25, 0.3) is 0 Å². The molecule has 5 heteroatoms. The highest BCUT2D eigenvalue weighted by Gasteiger charge is 2.25. The quantitative estimate of drug-likeness (QED) is 0.882. The Balaban J connectivity index is 3.19. The molecule has 1 aromatic rings. The molecule has 0 saturated heterocycles. The molecule has 3 nitrogen and oxygen atoms in total. The number of halogens is 2. The highest BCUT2D eigenvalue weighted by Crippen LogP contribution is 2.30. The minimum Gasteiger partial charge on any atom is -0.494 e. The minimum atomic E-state index is -0.594. The van der Waals surface area contributed by atoms with E-state index < -0.39 is 17.2 Å². The fraction of sp³-hybridized carbons (Fsp3) is 0.500. The van der Waals surface area contributed by atoms with Crippen molar-refractivity contribution in [2.24, 2.45) is 5.73 Å². The fourth-order valence-corrected chi connectivity index (χ4v) is 1.39. The monoisotopic (exact) mass is 244 g/mol. The van der Waals surface area contributed by atoms with Crippen LogP contribution in [0.5, 0.6) is 5.75 Å². The molecule has 0 radical (unpaired) electrons. The maximum Gasteiger partial charge on any atom is 0.167 e. The Morgan fingerprint density at radius 3 is 2.35 bits per heavy atom. The second-order valence-electron chi connectivity index (χ2n) is 4.51. The molecular formula is C12H18F2N2O. The Bertz CT molecular complexity index is 408. The van der Waals surface area contributed by atoms with E-state index in [1.54, 1.807) is 11.9 Å². The molecule has 0 amide bonds. The lowest BCUT2D eigenvalue weighted by Crippen LogP contribution is -2.47. The van der Waals surface area contributed by atoms with Gasteiger partial charge in [0.2, 0.25) is 0 Å². The third-order valence-corrected chi connectivity index (χ3v) is 2.99. The molecule has 0 aromatic heterocycles. The number of hydrogen-bond acceptors (Lipinski definition) is 3. The van der Waals surface area contributed by atoms with Crippen molar-refractivity contribution >= 4 is 5.69 Å². The summed E-state index contributed by atoms with van der Waals surface area (Å²) in [6.07, 6.45) is 0. The van der Waals surface area contributed by atoms with Crippen LogP contribution in [0.1, 0.15) is 13.8 Å². The van der Waals surface area contributed by atoms with Crippen LogP contribution in [0.15, 0.2) is 12.1 Å². The first-order valence-electron chi connectivity index (χ1n) is 5.30. The molecule has 0 aliphatic rings. The van der Waals surface area contributed by atoms with Crippen LogP contribution in [0.2, 0.25) is 0 Å². The van der Waals surface area contributed by atoms with Gasteiger partial charge in [-0.25, -0.2) is 8.78 Å². The minimum absolute atomic E-state index is 0.106. The summed E-state index contributed by atoms with van der Waals surface area (Å²) < 4.78 is 32.1. The van der Waals surface area contributed by atoms with Gasteiger partial charge in [0.05, 0.1) is 12.8 Å². The summed E-state index contributed by atoms with van der Waals surface area (Å²) >= 11 is 0. The van der Waals surface area contributed by atoms with Gasteiger partial charge in [-0.3, -0.25) is 0 Å². The second kappa shape index (κ2) is 4.87. The average Bonchev–Trinajstić information content (AvgIpc) is 2.30. The highest BCUT2D eigenvalue weighted by atomic mass is 19.1. The van der Waals surface area contributed by atoms with E-state index in [4.69, 9.17) is 10.5 Å². The predicted molar refractivity (Wildman–Crippen MR) is 64.4 cm³/mol. The van der Waals surface area contributed by atoms with E-state index in [0.29, 0.717) is 6.54 Å². The number of hydrogen-bond donors (Lipinski definition) is 1. The second-order valence-corrected chi connectivity index (χ2v) is 4.51. The summed E-state index contributed by atoms with van der Waals surface area (Å²) in [5, 5.41) is 0. The van der Waals surface area contributed by atoms with Crippen molar-refractivity contribution in [1.29, 1.82) is 0 Å². The lowest BCUT2D eigenvalue weighted by molar-refractivity contribution is 0.382. The normalized spacial score (nSPS) is 11.5. The van der Waals surface area contributed by atoms with Gasteiger partial charge in [-0.15, -0.1) is 0 Å². The molecular weight excluding hydrogens is 226 g/mol. The number of rotatable bonds is 4. The maximum atomic E-state index is 13.8. The summed E-state index contributed by atoms with van der Waals surface area (Å²) in [7, 11) is 2.97. The Morgan fingerprint density at radius 2 is 1.88 bits per heavy atom.